The van der Waals surface area contributed by atoms with Crippen molar-refractivity contribution in [1.29, 1.82) is 0 Å². The lowest BCUT2D eigenvalue weighted by molar-refractivity contribution is 0.0959. The molecular weight excluding hydrogens is 246 g/mol. The minimum Gasteiger partial charge on any atom is -0.457 e. The van der Waals surface area contributed by atoms with E-state index in [-0.39, 0.29) is 5.78 Å². The van der Waals surface area contributed by atoms with Gasteiger partial charge in [0.15, 0.2) is 11.5 Å². The van der Waals surface area contributed by atoms with Crippen molar-refractivity contribution in [1.82, 2.24) is 4.98 Å². The van der Waals surface area contributed by atoms with Crippen LogP contribution in [0.5, 0.6) is 0 Å². The summed E-state index contributed by atoms with van der Waals surface area (Å²) in [5.74, 6) is 1.54. The van der Waals surface area contributed by atoms with Crippen LogP contribution in [-0.2, 0) is 12.8 Å². The Hall–Kier alpha value is -1.42. The molecule has 94 valence electrons. The number of aryl methyl sites for hydroxylation is 3. The van der Waals surface area contributed by atoms with Crippen LogP contribution in [0, 0.1) is 13.8 Å². The van der Waals surface area contributed by atoms with Crippen molar-refractivity contribution in [2.75, 3.05) is 0 Å². The maximum absolute atomic E-state index is 11.9. The summed E-state index contributed by atoms with van der Waals surface area (Å²) in [4.78, 5) is 17.8. The first-order chi connectivity index (χ1) is 8.61. The fourth-order valence-electron chi connectivity index (χ4n) is 2.55. The Labute approximate surface area is 110 Å². The summed E-state index contributed by atoms with van der Waals surface area (Å²) in [7, 11) is 0. The molecule has 0 aromatic carbocycles. The molecule has 0 saturated heterocycles. The van der Waals surface area contributed by atoms with E-state index < -0.39 is 0 Å². The van der Waals surface area contributed by atoms with E-state index in [0.717, 1.165) is 40.4 Å². The second-order valence-corrected chi connectivity index (χ2v) is 5.92. The van der Waals surface area contributed by atoms with Gasteiger partial charge in [-0.3, -0.25) is 4.79 Å². The van der Waals surface area contributed by atoms with Crippen molar-refractivity contribution in [3.63, 3.8) is 0 Å². The third-order valence-electron chi connectivity index (χ3n) is 3.41. The van der Waals surface area contributed by atoms with Gasteiger partial charge in [-0.15, -0.1) is 11.3 Å². The summed E-state index contributed by atoms with van der Waals surface area (Å²) < 4.78 is 5.77. The second kappa shape index (κ2) is 4.05. The number of hydrogen-bond donors (Lipinski definition) is 0. The van der Waals surface area contributed by atoms with E-state index in [4.69, 9.17) is 4.42 Å². The summed E-state index contributed by atoms with van der Waals surface area (Å²) in [6.45, 7) is 5.85. The molecule has 0 unspecified atom stereocenters. The van der Waals surface area contributed by atoms with Crippen LogP contribution in [0.25, 0.3) is 11.3 Å². The zero-order chi connectivity index (χ0) is 12.9. The first-order valence-electron chi connectivity index (χ1n) is 6.24. The predicted octanol–water partition coefficient (Wildman–Crippen LogP) is 3.71. The fraction of sp³-hybridized carbons (Fsp3) is 0.429. The standard InChI is InChI=1S/C14H15NO2S/c1-4-9(16)14-7(2)12-10(17-14)5-6-11-13(12)15-8(3)18-11/h4-6H2,1-3H3. The van der Waals surface area contributed by atoms with Crippen molar-refractivity contribution in [2.24, 2.45) is 0 Å². The Kier molecular flexibility index (Phi) is 2.63. The lowest BCUT2D eigenvalue weighted by atomic mass is 9.96. The van der Waals surface area contributed by atoms with Gasteiger partial charge in [-0.25, -0.2) is 4.98 Å². The number of furan rings is 1. The average Bonchev–Trinajstić information content (AvgIpc) is 2.88. The van der Waals surface area contributed by atoms with Gasteiger partial charge in [-0.05, 0) is 20.3 Å². The van der Waals surface area contributed by atoms with Crippen LogP contribution in [0.3, 0.4) is 0 Å². The van der Waals surface area contributed by atoms with E-state index in [1.165, 1.54) is 4.88 Å². The number of rotatable bonds is 2. The summed E-state index contributed by atoms with van der Waals surface area (Å²) in [5, 5.41) is 1.08. The van der Waals surface area contributed by atoms with Gasteiger partial charge in [0.25, 0.3) is 0 Å². The van der Waals surface area contributed by atoms with Gasteiger partial charge in [0.1, 0.15) is 5.76 Å². The molecular formula is C14H15NO2S. The molecule has 2 heterocycles. The van der Waals surface area contributed by atoms with Gasteiger partial charge < -0.3 is 4.42 Å². The van der Waals surface area contributed by atoms with Gasteiger partial charge in [0.2, 0.25) is 0 Å². The Bertz CT molecular complexity index is 637. The topological polar surface area (TPSA) is 43.1 Å². The molecule has 3 rings (SSSR count). The highest BCUT2D eigenvalue weighted by molar-refractivity contribution is 7.12. The minimum absolute atomic E-state index is 0.0791. The molecule has 1 aliphatic carbocycles. The van der Waals surface area contributed by atoms with E-state index in [9.17, 15) is 4.79 Å². The Balaban J connectivity index is 2.21. The van der Waals surface area contributed by atoms with Gasteiger partial charge in [0.05, 0.1) is 10.7 Å². The molecule has 0 radical (unpaired) electrons. The monoisotopic (exact) mass is 261 g/mol. The summed E-state index contributed by atoms with van der Waals surface area (Å²) >= 11 is 1.75. The van der Waals surface area contributed by atoms with Crippen LogP contribution in [0.15, 0.2) is 4.42 Å². The third kappa shape index (κ3) is 1.56. The number of Topliss-reactive ketones (excluding diaryl/α,β-unsaturated/α-hetero) is 1. The van der Waals surface area contributed by atoms with Crippen LogP contribution >= 0.6 is 11.3 Å². The maximum Gasteiger partial charge on any atom is 0.198 e. The summed E-state index contributed by atoms with van der Waals surface area (Å²) in [6.07, 6.45) is 2.33. The molecule has 0 N–H and O–H groups in total. The van der Waals surface area contributed by atoms with Crippen molar-refractivity contribution in [3.8, 4) is 11.3 Å². The predicted molar refractivity (Wildman–Crippen MR) is 71.3 cm³/mol. The first-order valence-corrected chi connectivity index (χ1v) is 7.05. The number of ketones is 1. The number of carbonyl (C=O) groups excluding carboxylic acids is 1. The highest BCUT2D eigenvalue weighted by Crippen LogP contribution is 2.40. The number of thiazole rings is 1. The lowest BCUT2D eigenvalue weighted by Crippen LogP contribution is -2.00. The highest BCUT2D eigenvalue weighted by Gasteiger charge is 2.28. The molecule has 0 atom stereocenters. The van der Waals surface area contributed by atoms with Gasteiger partial charge in [-0.1, -0.05) is 6.92 Å². The second-order valence-electron chi connectivity index (χ2n) is 4.64. The Morgan fingerprint density at radius 1 is 1.39 bits per heavy atom. The molecule has 0 aliphatic heterocycles. The quantitative estimate of drug-likeness (QED) is 0.774. The number of nitrogens with zero attached hydrogens (tertiary/aromatic N) is 1. The number of aromatic nitrogens is 1. The lowest BCUT2D eigenvalue weighted by Gasteiger charge is -2.09. The minimum atomic E-state index is 0.0791. The molecule has 4 heteroatoms. The average molecular weight is 261 g/mol. The van der Waals surface area contributed by atoms with Crippen molar-refractivity contribution >= 4 is 17.1 Å². The van der Waals surface area contributed by atoms with Gasteiger partial charge >= 0.3 is 0 Å². The zero-order valence-corrected chi connectivity index (χ0v) is 11.6. The maximum atomic E-state index is 11.9. The molecule has 2 aromatic rings. The smallest absolute Gasteiger partial charge is 0.198 e. The van der Waals surface area contributed by atoms with Gasteiger partial charge in [0, 0.05) is 28.8 Å². The van der Waals surface area contributed by atoms with Crippen LogP contribution in [0.2, 0.25) is 0 Å². The van der Waals surface area contributed by atoms with Crippen molar-refractivity contribution < 1.29 is 9.21 Å². The normalized spacial score (nSPS) is 13.3. The number of fused-ring (bicyclic) bond motifs is 3. The highest BCUT2D eigenvalue weighted by atomic mass is 32.1. The van der Waals surface area contributed by atoms with Crippen LogP contribution in [0.4, 0.5) is 0 Å². The van der Waals surface area contributed by atoms with E-state index in [1.807, 2.05) is 20.8 Å². The van der Waals surface area contributed by atoms with Crippen molar-refractivity contribution in [3.05, 3.63) is 27.0 Å². The van der Waals surface area contributed by atoms with Gasteiger partial charge in [-0.2, -0.15) is 0 Å². The summed E-state index contributed by atoms with van der Waals surface area (Å²) in [6, 6.07) is 0. The number of hydrogen-bond acceptors (Lipinski definition) is 4. The Morgan fingerprint density at radius 3 is 2.89 bits per heavy atom. The molecule has 3 nitrogen and oxygen atoms in total. The SMILES string of the molecule is CCC(=O)c1oc2c(c1C)-c1nc(C)sc1CC2. The van der Waals surface area contributed by atoms with E-state index in [1.54, 1.807) is 11.3 Å². The largest absolute Gasteiger partial charge is 0.457 e. The molecule has 2 aromatic heterocycles. The third-order valence-corrected chi connectivity index (χ3v) is 4.44. The molecule has 0 bridgehead atoms. The van der Waals surface area contributed by atoms with Crippen LogP contribution in [0.1, 0.15) is 45.1 Å². The molecule has 0 fully saturated rings. The van der Waals surface area contributed by atoms with Crippen LogP contribution < -0.4 is 0 Å². The van der Waals surface area contributed by atoms with Crippen molar-refractivity contribution in [2.45, 2.75) is 40.0 Å². The van der Waals surface area contributed by atoms with E-state index in [2.05, 4.69) is 4.98 Å². The first kappa shape index (κ1) is 11.7. The number of carbonyl (C=O) groups is 1. The summed E-state index contributed by atoms with van der Waals surface area (Å²) in [5.41, 5.74) is 3.07. The molecule has 0 amide bonds. The van der Waals surface area contributed by atoms with E-state index in [0.29, 0.717) is 12.2 Å². The molecule has 0 spiro atoms. The zero-order valence-electron chi connectivity index (χ0n) is 10.8. The van der Waals surface area contributed by atoms with E-state index >= 15 is 0 Å². The fourth-order valence-corrected chi connectivity index (χ4v) is 3.49. The molecule has 1 aliphatic rings. The molecule has 0 saturated carbocycles. The Morgan fingerprint density at radius 2 is 2.17 bits per heavy atom. The molecule has 18 heavy (non-hydrogen) atoms. The van der Waals surface area contributed by atoms with Crippen LogP contribution in [-0.4, -0.2) is 10.8 Å².